The molecule has 62 valence electrons. The Kier molecular flexibility index (Phi) is 2.75. The van der Waals surface area contributed by atoms with Crippen LogP contribution in [0.5, 0.6) is 0 Å². The summed E-state index contributed by atoms with van der Waals surface area (Å²) in [5.41, 5.74) is 4.25. The van der Waals surface area contributed by atoms with Gasteiger partial charge in [-0.2, -0.15) is 0 Å². The van der Waals surface area contributed by atoms with E-state index in [1.165, 1.54) is 36.1 Å². The fourth-order valence-corrected chi connectivity index (χ4v) is 1.26. The fourth-order valence-electron chi connectivity index (χ4n) is 1.26. The highest BCUT2D eigenvalue weighted by molar-refractivity contribution is 5.28. The molecule has 0 bridgehead atoms. The Hall–Kier alpha value is -0.720. The third-order valence-electron chi connectivity index (χ3n) is 2.29. The molecule has 1 aromatic heterocycles. The van der Waals surface area contributed by atoms with Crippen molar-refractivity contribution in [3.8, 4) is 0 Å². The first-order valence-electron chi connectivity index (χ1n) is 4.39. The highest BCUT2D eigenvalue weighted by atomic mass is 14.7. The SMILES string of the molecule is CCCCc1[nH]cc(C)c1C. The molecule has 0 aromatic carbocycles. The van der Waals surface area contributed by atoms with Crippen LogP contribution in [0.1, 0.15) is 36.6 Å². The van der Waals surface area contributed by atoms with E-state index in [-0.39, 0.29) is 0 Å². The number of hydrogen-bond acceptors (Lipinski definition) is 0. The maximum Gasteiger partial charge on any atom is 0.0179 e. The van der Waals surface area contributed by atoms with Gasteiger partial charge in [-0.25, -0.2) is 0 Å². The molecular formula is C10H17N. The number of hydrogen-bond donors (Lipinski definition) is 1. The van der Waals surface area contributed by atoms with E-state index in [9.17, 15) is 0 Å². The van der Waals surface area contributed by atoms with Gasteiger partial charge in [0.15, 0.2) is 0 Å². The van der Waals surface area contributed by atoms with E-state index in [0.29, 0.717) is 0 Å². The molecule has 1 heterocycles. The van der Waals surface area contributed by atoms with Crippen molar-refractivity contribution in [2.75, 3.05) is 0 Å². The smallest absolute Gasteiger partial charge is 0.0179 e. The molecule has 0 saturated carbocycles. The van der Waals surface area contributed by atoms with Gasteiger partial charge in [0.1, 0.15) is 0 Å². The average molecular weight is 151 g/mol. The predicted molar refractivity (Wildman–Crippen MR) is 48.9 cm³/mol. The Morgan fingerprint density at radius 2 is 2.09 bits per heavy atom. The van der Waals surface area contributed by atoms with E-state index in [4.69, 9.17) is 0 Å². The van der Waals surface area contributed by atoms with Gasteiger partial charge in [0.05, 0.1) is 0 Å². The second-order valence-corrected chi connectivity index (χ2v) is 3.18. The molecule has 1 aromatic rings. The summed E-state index contributed by atoms with van der Waals surface area (Å²) in [6.45, 7) is 6.57. The second kappa shape index (κ2) is 3.61. The van der Waals surface area contributed by atoms with Crippen molar-refractivity contribution >= 4 is 0 Å². The molecule has 0 radical (unpaired) electrons. The number of aryl methyl sites for hydroxylation is 2. The van der Waals surface area contributed by atoms with Crippen LogP contribution in [0.2, 0.25) is 0 Å². The Balaban J connectivity index is 2.63. The van der Waals surface area contributed by atoms with E-state index < -0.39 is 0 Å². The lowest BCUT2D eigenvalue weighted by Gasteiger charge is -1.97. The molecule has 0 saturated heterocycles. The largest absolute Gasteiger partial charge is 0.365 e. The molecule has 1 rings (SSSR count). The number of rotatable bonds is 3. The molecule has 11 heavy (non-hydrogen) atoms. The number of nitrogens with one attached hydrogen (secondary N) is 1. The van der Waals surface area contributed by atoms with Gasteiger partial charge in [0.25, 0.3) is 0 Å². The third kappa shape index (κ3) is 1.86. The zero-order valence-corrected chi connectivity index (χ0v) is 7.70. The van der Waals surface area contributed by atoms with Crippen molar-refractivity contribution in [2.24, 2.45) is 0 Å². The molecular weight excluding hydrogens is 134 g/mol. The molecule has 1 N–H and O–H groups in total. The molecule has 0 amide bonds. The summed E-state index contributed by atoms with van der Waals surface area (Å²) >= 11 is 0. The predicted octanol–water partition coefficient (Wildman–Crippen LogP) is 2.97. The standard InChI is InChI=1S/C10H17N/c1-4-5-6-10-9(3)8(2)7-11-10/h7,11H,4-6H2,1-3H3. The van der Waals surface area contributed by atoms with E-state index in [1.807, 2.05) is 0 Å². The fraction of sp³-hybridized carbons (Fsp3) is 0.600. The van der Waals surface area contributed by atoms with Gasteiger partial charge in [-0.3, -0.25) is 0 Å². The van der Waals surface area contributed by atoms with Gasteiger partial charge in [-0.1, -0.05) is 13.3 Å². The molecule has 0 spiro atoms. The first-order chi connectivity index (χ1) is 5.25. The van der Waals surface area contributed by atoms with E-state index in [0.717, 1.165) is 0 Å². The summed E-state index contributed by atoms with van der Waals surface area (Å²) in [5, 5.41) is 0. The van der Waals surface area contributed by atoms with E-state index >= 15 is 0 Å². The van der Waals surface area contributed by atoms with Crippen LogP contribution in [0.25, 0.3) is 0 Å². The maximum atomic E-state index is 3.31. The van der Waals surface area contributed by atoms with Gasteiger partial charge in [-0.05, 0) is 37.8 Å². The summed E-state index contributed by atoms with van der Waals surface area (Å²) in [4.78, 5) is 3.31. The lowest BCUT2D eigenvalue weighted by Crippen LogP contribution is -1.87. The van der Waals surface area contributed by atoms with Crippen LogP contribution in [0, 0.1) is 13.8 Å². The summed E-state index contributed by atoms with van der Waals surface area (Å²) in [7, 11) is 0. The monoisotopic (exact) mass is 151 g/mol. The summed E-state index contributed by atoms with van der Waals surface area (Å²) in [5.74, 6) is 0. The number of H-pyrrole nitrogens is 1. The van der Waals surface area contributed by atoms with Crippen LogP contribution in [0.3, 0.4) is 0 Å². The molecule has 1 nitrogen and oxygen atoms in total. The molecule has 1 heteroatoms. The van der Waals surface area contributed by atoms with E-state index in [2.05, 4.69) is 32.0 Å². The summed E-state index contributed by atoms with van der Waals surface area (Å²) in [6.07, 6.45) is 5.87. The maximum absolute atomic E-state index is 3.31. The zero-order valence-electron chi connectivity index (χ0n) is 7.70. The number of aromatic nitrogens is 1. The van der Waals surface area contributed by atoms with Crippen LogP contribution < -0.4 is 0 Å². The highest BCUT2D eigenvalue weighted by Crippen LogP contribution is 2.13. The minimum atomic E-state index is 1.20. The van der Waals surface area contributed by atoms with E-state index in [1.54, 1.807) is 0 Å². The minimum absolute atomic E-state index is 1.20. The summed E-state index contributed by atoms with van der Waals surface area (Å²) < 4.78 is 0. The molecule has 0 unspecified atom stereocenters. The van der Waals surface area contributed by atoms with Gasteiger partial charge in [-0.15, -0.1) is 0 Å². The molecule has 0 fully saturated rings. The molecule has 0 aliphatic heterocycles. The number of aromatic amines is 1. The summed E-state index contributed by atoms with van der Waals surface area (Å²) in [6, 6.07) is 0. The minimum Gasteiger partial charge on any atom is -0.365 e. The van der Waals surface area contributed by atoms with Crippen molar-refractivity contribution < 1.29 is 0 Å². The topological polar surface area (TPSA) is 15.8 Å². The van der Waals surface area contributed by atoms with Gasteiger partial charge in [0, 0.05) is 11.9 Å². The Bertz CT molecular complexity index is 223. The first-order valence-corrected chi connectivity index (χ1v) is 4.39. The average Bonchev–Trinajstić information content (AvgIpc) is 2.31. The third-order valence-corrected chi connectivity index (χ3v) is 2.29. The second-order valence-electron chi connectivity index (χ2n) is 3.18. The first kappa shape index (κ1) is 8.38. The Morgan fingerprint density at radius 3 is 2.55 bits per heavy atom. The zero-order chi connectivity index (χ0) is 8.27. The van der Waals surface area contributed by atoms with Crippen molar-refractivity contribution in [2.45, 2.75) is 40.0 Å². The quantitative estimate of drug-likeness (QED) is 0.683. The normalized spacial score (nSPS) is 10.5. The van der Waals surface area contributed by atoms with Crippen LogP contribution >= 0.6 is 0 Å². The lowest BCUT2D eigenvalue weighted by molar-refractivity contribution is 0.777. The van der Waals surface area contributed by atoms with Gasteiger partial charge < -0.3 is 4.98 Å². The van der Waals surface area contributed by atoms with Gasteiger partial charge >= 0.3 is 0 Å². The number of unbranched alkanes of at least 4 members (excludes halogenated alkanes) is 1. The van der Waals surface area contributed by atoms with Crippen LogP contribution in [-0.4, -0.2) is 4.98 Å². The van der Waals surface area contributed by atoms with Crippen LogP contribution in [-0.2, 0) is 6.42 Å². The van der Waals surface area contributed by atoms with Gasteiger partial charge in [0.2, 0.25) is 0 Å². The molecule has 0 atom stereocenters. The van der Waals surface area contributed by atoms with Crippen molar-refractivity contribution in [1.29, 1.82) is 0 Å². The molecule has 0 aliphatic rings. The lowest BCUT2D eigenvalue weighted by atomic mass is 10.1. The van der Waals surface area contributed by atoms with Crippen molar-refractivity contribution in [1.82, 2.24) is 4.98 Å². The molecule has 0 aliphatic carbocycles. The van der Waals surface area contributed by atoms with Crippen molar-refractivity contribution in [3.63, 3.8) is 0 Å². The van der Waals surface area contributed by atoms with Crippen LogP contribution in [0.15, 0.2) is 6.20 Å². The Morgan fingerprint density at radius 1 is 1.36 bits per heavy atom. The highest BCUT2D eigenvalue weighted by Gasteiger charge is 2.01. The van der Waals surface area contributed by atoms with Crippen molar-refractivity contribution in [3.05, 3.63) is 23.0 Å². The Labute approximate surface area is 68.8 Å². The van der Waals surface area contributed by atoms with Crippen LogP contribution in [0.4, 0.5) is 0 Å².